The van der Waals surface area contributed by atoms with Gasteiger partial charge in [-0.2, -0.15) is 0 Å². The second-order valence-electron chi connectivity index (χ2n) is 6.74. The standard InChI is InChI=1S/C21H18BrNO3/c1-2-11-23-18-10-8-14(22)12-17(18)21(26,20(23)25)16-9-7-13-5-3-4-6-15(13)19(16)24/h2-6,8,10,12,16,26H,1,7,9,11H2. The highest BCUT2D eigenvalue weighted by Gasteiger charge is 2.57. The Bertz CT molecular complexity index is 939. The van der Waals surface area contributed by atoms with Gasteiger partial charge in [-0.05, 0) is 36.6 Å². The molecule has 2 unspecified atom stereocenters. The van der Waals surface area contributed by atoms with E-state index in [0.717, 1.165) is 10.0 Å². The third-order valence-electron chi connectivity index (χ3n) is 5.35. The molecule has 2 aliphatic rings. The van der Waals surface area contributed by atoms with Crippen LogP contribution in [0.25, 0.3) is 0 Å². The van der Waals surface area contributed by atoms with Gasteiger partial charge in [0, 0.05) is 22.1 Å². The van der Waals surface area contributed by atoms with Crippen LogP contribution in [0.1, 0.15) is 27.9 Å². The first-order chi connectivity index (χ1) is 12.5. The number of hydrogen-bond donors (Lipinski definition) is 1. The number of benzene rings is 2. The third-order valence-corrected chi connectivity index (χ3v) is 5.84. The third kappa shape index (κ3) is 2.31. The first-order valence-electron chi connectivity index (χ1n) is 8.56. The van der Waals surface area contributed by atoms with Crippen molar-refractivity contribution in [2.45, 2.75) is 18.4 Å². The highest BCUT2D eigenvalue weighted by molar-refractivity contribution is 9.10. The Morgan fingerprint density at radius 3 is 2.81 bits per heavy atom. The Morgan fingerprint density at radius 2 is 2.04 bits per heavy atom. The van der Waals surface area contributed by atoms with Crippen molar-refractivity contribution in [3.05, 3.63) is 76.3 Å². The van der Waals surface area contributed by atoms with E-state index in [4.69, 9.17) is 0 Å². The summed E-state index contributed by atoms with van der Waals surface area (Å²) >= 11 is 3.41. The number of aliphatic hydroxyl groups is 1. The molecule has 1 aliphatic heterocycles. The minimum atomic E-state index is -1.85. The SMILES string of the molecule is C=CCN1C(=O)C(O)(C2CCc3ccccc3C2=O)c2cc(Br)ccc21. The first-order valence-corrected chi connectivity index (χ1v) is 9.35. The highest BCUT2D eigenvalue weighted by atomic mass is 79.9. The van der Waals surface area contributed by atoms with E-state index >= 15 is 0 Å². The Morgan fingerprint density at radius 1 is 1.27 bits per heavy atom. The molecule has 2 atom stereocenters. The number of rotatable bonds is 3. The number of carbonyl (C=O) groups excluding carboxylic acids is 2. The summed E-state index contributed by atoms with van der Waals surface area (Å²) in [6.07, 6.45) is 2.71. The quantitative estimate of drug-likeness (QED) is 0.784. The van der Waals surface area contributed by atoms with Crippen LogP contribution in [-0.4, -0.2) is 23.3 Å². The molecule has 0 aromatic heterocycles. The van der Waals surface area contributed by atoms with Gasteiger partial charge in [-0.15, -0.1) is 6.58 Å². The van der Waals surface area contributed by atoms with Gasteiger partial charge in [-0.25, -0.2) is 0 Å². The summed E-state index contributed by atoms with van der Waals surface area (Å²) in [5.41, 5.74) is 0.833. The maximum atomic E-state index is 13.2. The molecule has 1 aliphatic carbocycles. The van der Waals surface area contributed by atoms with Gasteiger partial charge in [-0.3, -0.25) is 9.59 Å². The van der Waals surface area contributed by atoms with Crippen molar-refractivity contribution in [3.63, 3.8) is 0 Å². The predicted octanol–water partition coefficient (Wildman–Crippen LogP) is 3.61. The molecule has 5 heteroatoms. The molecular formula is C21H18BrNO3. The summed E-state index contributed by atoms with van der Waals surface area (Å²) in [5.74, 6) is -1.43. The smallest absolute Gasteiger partial charge is 0.264 e. The van der Waals surface area contributed by atoms with E-state index in [1.165, 1.54) is 4.90 Å². The number of anilines is 1. The van der Waals surface area contributed by atoms with Gasteiger partial charge in [-0.1, -0.05) is 46.3 Å². The lowest BCUT2D eigenvalue weighted by Gasteiger charge is -2.34. The molecule has 4 rings (SSSR count). The van der Waals surface area contributed by atoms with Crippen LogP contribution in [0.15, 0.2) is 59.6 Å². The van der Waals surface area contributed by atoms with Crippen LogP contribution in [0.2, 0.25) is 0 Å². The van der Waals surface area contributed by atoms with Gasteiger partial charge in [0.15, 0.2) is 11.4 Å². The zero-order valence-corrected chi connectivity index (χ0v) is 15.7. The summed E-state index contributed by atoms with van der Waals surface area (Å²) in [5, 5.41) is 11.6. The number of Topliss-reactive ketones (excluding diaryl/α,β-unsaturated/α-hetero) is 1. The summed E-state index contributed by atoms with van der Waals surface area (Å²) in [4.78, 5) is 27.9. The molecule has 0 spiro atoms. The molecule has 2 aromatic carbocycles. The van der Waals surface area contributed by atoms with Crippen molar-refractivity contribution < 1.29 is 14.7 Å². The van der Waals surface area contributed by atoms with E-state index < -0.39 is 17.4 Å². The van der Waals surface area contributed by atoms with E-state index in [9.17, 15) is 14.7 Å². The number of halogens is 1. The lowest BCUT2D eigenvalue weighted by atomic mass is 9.71. The number of aryl methyl sites for hydroxylation is 1. The maximum absolute atomic E-state index is 13.2. The van der Waals surface area contributed by atoms with Crippen LogP contribution in [0.5, 0.6) is 0 Å². The Balaban J connectivity index is 1.86. The minimum absolute atomic E-state index is 0.172. The second-order valence-corrected chi connectivity index (χ2v) is 7.66. The van der Waals surface area contributed by atoms with Gasteiger partial charge in [0.1, 0.15) is 0 Å². The van der Waals surface area contributed by atoms with E-state index in [1.807, 2.05) is 24.3 Å². The van der Waals surface area contributed by atoms with Crippen molar-refractivity contribution in [1.82, 2.24) is 0 Å². The summed E-state index contributed by atoms with van der Waals surface area (Å²) < 4.78 is 0.756. The summed E-state index contributed by atoms with van der Waals surface area (Å²) in [6.45, 7) is 3.99. The predicted molar refractivity (Wildman–Crippen MR) is 103 cm³/mol. The summed E-state index contributed by atoms with van der Waals surface area (Å²) in [7, 11) is 0. The van der Waals surface area contributed by atoms with E-state index in [2.05, 4.69) is 22.5 Å². The molecule has 0 saturated heterocycles. The highest BCUT2D eigenvalue weighted by Crippen LogP contribution is 2.49. The molecule has 0 bridgehead atoms. The van der Waals surface area contributed by atoms with E-state index in [0.29, 0.717) is 29.7 Å². The molecule has 132 valence electrons. The molecule has 26 heavy (non-hydrogen) atoms. The normalized spacial score (nSPS) is 24.4. The van der Waals surface area contributed by atoms with Gasteiger partial charge in [0.2, 0.25) is 0 Å². The number of amides is 1. The Hall–Kier alpha value is -2.24. The van der Waals surface area contributed by atoms with E-state index in [-0.39, 0.29) is 12.3 Å². The number of fused-ring (bicyclic) bond motifs is 2. The van der Waals surface area contributed by atoms with Gasteiger partial charge in [0.25, 0.3) is 5.91 Å². The molecule has 1 amide bonds. The lowest BCUT2D eigenvalue weighted by molar-refractivity contribution is -0.140. The number of ketones is 1. The average Bonchev–Trinajstić information content (AvgIpc) is 2.85. The lowest BCUT2D eigenvalue weighted by Crippen LogP contribution is -2.49. The van der Waals surface area contributed by atoms with Gasteiger partial charge < -0.3 is 10.0 Å². The number of nitrogens with zero attached hydrogens (tertiary/aromatic N) is 1. The van der Waals surface area contributed by atoms with Gasteiger partial charge in [0.05, 0.1) is 11.6 Å². The molecule has 1 N–H and O–H groups in total. The Kier molecular flexibility index (Phi) is 4.09. The second kappa shape index (κ2) is 6.18. The van der Waals surface area contributed by atoms with Crippen LogP contribution in [0.4, 0.5) is 5.69 Å². The van der Waals surface area contributed by atoms with Crippen LogP contribution >= 0.6 is 15.9 Å². The van der Waals surface area contributed by atoms with Crippen LogP contribution < -0.4 is 4.90 Å². The van der Waals surface area contributed by atoms with Crippen molar-refractivity contribution in [2.75, 3.05) is 11.4 Å². The Labute approximate surface area is 160 Å². The first kappa shape index (κ1) is 17.2. The fourth-order valence-electron chi connectivity index (χ4n) is 4.12. The van der Waals surface area contributed by atoms with Crippen LogP contribution in [0, 0.1) is 5.92 Å². The molecule has 0 radical (unpaired) electrons. The minimum Gasteiger partial charge on any atom is -0.375 e. The zero-order chi connectivity index (χ0) is 18.5. The molecule has 4 nitrogen and oxygen atoms in total. The molecule has 1 heterocycles. The van der Waals surface area contributed by atoms with Crippen molar-refractivity contribution in [3.8, 4) is 0 Å². The number of carbonyl (C=O) groups is 2. The van der Waals surface area contributed by atoms with Crippen molar-refractivity contribution in [2.24, 2.45) is 5.92 Å². The topological polar surface area (TPSA) is 57.6 Å². The van der Waals surface area contributed by atoms with E-state index in [1.54, 1.807) is 24.3 Å². The number of hydrogen-bond acceptors (Lipinski definition) is 3. The summed E-state index contributed by atoms with van der Waals surface area (Å²) in [6, 6.07) is 12.8. The fourth-order valence-corrected chi connectivity index (χ4v) is 4.48. The molecule has 2 aromatic rings. The fraction of sp³-hybridized carbons (Fsp3) is 0.238. The monoisotopic (exact) mass is 411 g/mol. The van der Waals surface area contributed by atoms with Crippen LogP contribution in [0.3, 0.4) is 0 Å². The molecule has 0 fully saturated rings. The van der Waals surface area contributed by atoms with Gasteiger partial charge >= 0.3 is 0 Å². The van der Waals surface area contributed by atoms with Crippen molar-refractivity contribution in [1.29, 1.82) is 0 Å². The molecular weight excluding hydrogens is 394 g/mol. The largest absolute Gasteiger partial charge is 0.375 e. The average molecular weight is 412 g/mol. The molecule has 0 saturated carbocycles. The zero-order valence-electron chi connectivity index (χ0n) is 14.1. The van der Waals surface area contributed by atoms with Crippen molar-refractivity contribution >= 4 is 33.3 Å². The van der Waals surface area contributed by atoms with Crippen LogP contribution in [-0.2, 0) is 16.8 Å². The maximum Gasteiger partial charge on any atom is 0.264 e.